The van der Waals surface area contributed by atoms with Gasteiger partial charge in [-0.3, -0.25) is 0 Å². The molecule has 0 fully saturated rings. The van der Waals surface area contributed by atoms with E-state index in [4.69, 9.17) is 5.73 Å². The van der Waals surface area contributed by atoms with E-state index < -0.39 is 24.3 Å². The number of nitrogens with zero attached hydrogens (tertiary/aromatic N) is 1. The van der Waals surface area contributed by atoms with Gasteiger partial charge in [-0.25, -0.2) is 0 Å². The Labute approximate surface area is 201 Å². The Hall–Kier alpha value is -1.41. The van der Waals surface area contributed by atoms with E-state index in [1.54, 1.807) is 15.0 Å². The molecule has 7 heteroatoms. The minimum atomic E-state index is -2.37. The standard InChI is InChI=1S/C13H12N3O2S.3C4H9.Sn/c14-12(17)10-4-1-5-11(16-10)13(18)15-7-6-9-3-2-8-19-9;3*1-3-4-2;/h1-5H,6-7H2,(H2,14,17)(H,15,18);3*1,3-4H2,2H3;. The van der Waals surface area contributed by atoms with Crippen molar-refractivity contribution in [3.05, 3.63) is 46.6 Å². The number of pyridine rings is 1. The van der Waals surface area contributed by atoms with Crippen LogP contribution in [0.4, 0.5) is 0 Å². The van der Waals surface area contributed by atoms with Crippen LogP contribution in [0.1, 0.15) is 85.2 Å². The first-order valence-corrected chi connectivity index (χ1v) is 20.4. The SMILES string of the molecule is CCC[CH2][Sn]([CH2]CCC)([CH2]CCC)[c]1ccc(CCNC(=O)c2cccc(C(N)=O)n2)s1. The zero-order chi connectivity index (χ0) is 23.4. The van der Waals surface area contributed by atoms with Crippen molar-refractivity contribution in [2.24, 2.45) is 5.73 Å². The van der Waals surface area contributed by atoms with Crippen LogP contribution in [-0.2, 0) is 6.42 Å². The van der Waals surface area contributed by atoms with Crippen molar-refractivity contribution < 1.29 is 9.59 Å². The molecule has 176 valence electrons. The van der Waals surface area contributed by atoms with Gasteiger partial charge in [0.2, 0.25) is 0 Å². The van der Waals surface area contributed by atoms with E-state index >= 15 is 0 Å². The van der Waals surface area contributed by atoms with Crippen molar-refractivity contribution in [1.29, 1.82) is 0 Å². The number of rotatable bonds is 15. The fourth-order valence-corrected chi connectivity index (χ4v) is 24.5. The van der Waals surface area contributed by atoms with Crippen molar-refractivity contribution in [1.82, 2.24) is 10.3 Å². The van der Waals surface area contributed by atoms with Crippen molar-refractivity contribution in [3.8, 4) is 0 Å². The molecule has 2 heterocycles. The number of nitrogens with one attached hydrogen (secondary N) is 1. The number of aromatic nitrogens is 1. The Morgan fingerprint density at radius 2 is 1.53 bits per heavy atom. The van der Waals surface area contributed by atoms with E-state index in [2.05, 4.69) is 43.2 Å². The number of primary amides is 1. The Morgan fingerprint density at radius 1 is 0.938 bits per heavy atom. The van der Waals surface area contributed by atoms with Gasteiger partial charge < -0.3 is 0 Å². The number of unbranched alkanes of at least 4 members (excludes halogenated alkanes) is 3. The molecule has 2 aromatic heterocycles. The molecule has 0 aliphatic heterocycles. The summed E-state index contributed by atoms with van der Waals surface area (Å²) in [7, 11) is 0. The maximum atomic E-state index is 12.4. The number of thiophene rings is 1. The molecule has 32 heavy (non-hydrogen) atoms. The quantitative estimate of drug-likeness (QED) is 0.289. The fraction of sp³-hybridized carbons (Fsp3) is 0.560. The van der Waals surface area contributed by atoms with Gasteiger partial charge in [-0.15, -0.1) is 0 Å². The number of hydrogen-bond acceptors (Lipinski definition) is 4. The summed E-state index contributed by atoms with van der Waals surface area (Å²) in [4.78, 5) is 29.1. The number of amides is 2. The van der Waals surface area contributed by atoms with Crippen LogP contribution in [0.5, 0.6) is 0 Å². The normalized spacial score (nSPS) is 11.5. The monoisotopic (exact) mass is 565 g/mol. The van der Waals surface area contributed by atoms with Crippen LogP contribution < -0.4 is 13.9 Å². The van der Waals surface area contributed by atoms with Crippen molar-refractivity contribution >= 4 is 44.4 Å². The van der Waals surface area contributed by atoms with Gasteiger partial charge in [0, 0.05) is 0 Å². The number of carbonyl (C=O) groups is 2. The molecule has 0 aliphatic carbocycles. The van der Waals surface area contributed by atoms with E-state index in [-0.39, 0.29) is 17.3 Å². The average Bonchev–Trinajstić information content (AvgIpc) is 3.28. The van der Waals surface area contributed by atoms with Gasteiger partial charge in [0.25, 0.3) is 0 Å². The van der Waals surface area contributed by atoms with Crippen LogP contribution in [0.2, 0.25) is 13.3 Å². The molecule has 0 saturated heterocycles. The van der Waals surface area contributed by atoms with Crippen LogP contribution in [0.3, 0.4) is 0 Å². The molecule has 5 nitrogen and oxygen atoms in total. The van der Waals surface area contributed by atoms with Gasteiger partial charge in [0.15, 0.2) is 0 Å². The summed E-state index contributed by atoms with van der Waals surface area (Å²) in [6.45, 7) is 7.50. The molecule has 2 aromatic rings. The maximum absolute atomic E-state index is 12.4. The summed E-state index contributed by atoms with van der Waals surface area (Å²) < 4.78 is 6.16. The van der Waals surface area contributed by atoms with Crippen LogP contribution in [0.25, 0.3) is 0 Å². The van der Waals surface area contributed by atoms with Gasteiger partial charge >= 0.3 is 202 Å². The zero-order valence-corrected chi connectivity index (χ0v) is 23.6. The van der Waals surface area contributed by atoms with Crippen molar-refractivity contribution in [2.45, 2.75) is 79.0 Å². The van der Waals surface area contributed by atoms with Gasteiger partial charge in [-0.2, -0.15) is 0 Å². The van der Waals surface area contributed by atoms with Crippen molar-refractivity contribution in [2.75, 3.05) is 6.54 Å². The first kappa shape index (κ1) is 26.8. The molecule has 2 amide bonds. The Morgan fingerprint density at radius 3 is 2.09 bits per heavy atom. The van der Waals surface area contributed by atoms with E-state index in [1.807, 2.05) is 11.3 Å². The molecule has 0 bridgehead atoms. The zero-order valence-electron chi connectivity index (χ0n) is 19.9. The molecule has 0 unspecified atom stereocenters. The summed E-state index contributed by atoms with van der Waals surface area (Å²) in [5.74, 6) is -0.901. The Bertz CT molecular complexity index is 847. The molecule has 0 atom stereocenters. The summed E-state index contributed by atoms with van der Waals surface area (Å²) in [5, 5.41) is 2.93. The van der Waals surface area contributed by atoms with Gasteiger partial charge in [0.05, 0.1) is 0 Å². The predicted octanol–water partition coefficient (Wildman–Crippen LogP) is 5.27. The predicted molar refractivity (Wildman–Crippen MR) is 138 cm³/mol. The molecular formula is C25H39N3O2SSn. The second-order valence-electron chi connectivity index (χ2n) is 8.64. The van der Waals surface area contributed by atoms with Gasteiger partial charge in [-0.1, -0.05) is 0 Å². The second kappa shape index (κ2) is 14.0. The van der Waals surface area contributed by atoms with Crippen molar-refractivity contribution in [3.63, 3.8) is 0 Å². The Kier molecular flexibility index (Phi) is 11.7. The number of nitrogens with two attached hydrogens (primary N) is 1. The molecule has 0 spiro atoms. The molecule has 0 radical (unpaired) electrons. The van der Waals surface area contributed by atoms with Crippen LogP contribution in [0, 0.1) is 0 Å². The Balaban J connectivity index is 2.04. The molecule has 2 rings (SSSR count). The van der Waals surface area contributed by atoms with Crippen LogP contribution >= 0.6 is 11.3 Å². The molecule has 0 saturated carbocycles. The fourth-order valence-electron chi connectivity index (χ4n) is 4.18. The number of hydrogen-bond donors (Lipinski definition) is 2. The minimum absolute atomic E-state index is 0.107. The molecule has 3 N–H and O–H groups in total. The first-order valence-electron chi connectivity index (χ1n) is 12.1. The number of carbonyl (C=O) groups excluding carboxylic acids is 2. The third kappa shape index (κ3) is 7.87. The van der Waals surface area contributed by atoms with Gasteiger partial charge in [0.1, 0.15) is 0 Å². The van der Waals surface area contributed by atoms with Gasteiger partial charge in [-0.05, 0) is 0 Å². The summed E-state index contributed by atoms with van der Waals surface area (Å²) >= 11 is -0.361. The molecule has 0 aromatic carbocycles. The topological polar surface area (TPSA) is 85.1 Å². The average molecular weight is 564 g/mol. The van der Waals surface area contributed by atoms with Crippen LogP contribution in [-0.4, -0.2) is 41.7 Å². The summed E-state index contributed by atoms with van der Waals surface area (Å²) in [6, 6.07) is 9.45. The first-order chi connectivity index (χ1) is 15.5. The summed E-state index contributed by atoms with van der Waals surface area (Å²) in [6.07, 6.45) is 8.77. The second-order valence-corrected chi connectivity index (χ2v) is 24.0. The van der Waals surface area contributed by atoms with E-state index in [0.717, 1.165) is 6.42 Å². The molecule has 0 aliphatic rings. The third-order valence-corrected chi connectivity index (χ3v) is 25.5. The molecular weight excluding hydrogens is 525 g/mol. The third-order valence-electron chi connectivity index (χ3n) is 6.10. The van der Waals surface area contributed by atoms with E-state index in [1.165, 1.54) is 62.8 Å². The van der Waals surface area contributed by atoms with Crippen LogP contribution in [0.15, 0.2) is 30.3 Å². The van der Waals surface area contributed by atoms with E-state index in [0.29, 0.717) is 6.54 Å². The van der Waals surface area contributed by atoms with E-state index in [9.17, 15) is 9.59 Å². The summed E-state index contributed by atoms with van der Waals surface area (Å²) in [5.41, 5.74) is 5.59.